The molecule has 0 unspecified atom stereocenters. The third kappa shape index (κ3) is 6.04. The van der Waals surface area contributed by atoms with Crippen molar-refractivity contribution in [2.75, 3.05) is 0 Å². The third-order valence-corrected chi connectivity index (χ3v) is 6.38. The largest absolute Gasteiger partial charge is 0.204 e. The van der Waals surface area contributed by atoms with Crippen molar-refractivity contribution in [2.45, 2.75) is 32.6 Å². The van der Waals surface area contributed by atoms with Gasteiger partial charge in [0.2, 0.25) is 0 Å². The topological polar surface area (TPSA) is 0 Å². The van der Waals surface area contributed by atoms with Gasteiger partial charge in [-0.25, -0.2) is 17.6 Å². The Kier molecular flexibility index (Phi) is 7.90. The molecule has 4 heteroatoms. The Morgan fingerprint density at radius 3 is 1.47 bits per heavy atom. The predicted octanol–water partition coefficient (Wildman–Crippen LogP) is 8.41. The van der Waals surface area contributed by atoms with Crippen LogP contribution in [0, 0.1) is 41.0 Å². The second-order valence-electron chi connectivity index (χ2n) is 9.07. The second kappa shape index (κ2) is 11.3. The number of hydrogen-bond donors (Lipinski definition) is 0. The summed E-state index contributed by atoms with van der Waals surface area (Å²) in [5, 5.41) is 0. The summed E-state index contributed by atoms with van der Waals surface area (Å²) < 4.78 is 55.1. The monoisotopic (exact) mass is 486 g/mol. The lowest BCUT2D eigenvalue weighted by Gasteiger charge is -2.19. The number of benzene rings is 4. The van der Waals surface area contributed by atoms with Crippen LogP contribution in [0.15, 0.2) is 84.9 Å². The fourth-order valence-corrected chi connectivity index (χ4v) is 4.14. The SMILES string of the molecule is CC[C@@H](C)Cc1ccc(C#Cc2ccc(C(c3ccc(F)c(F)c3)c3ccc(F)c(F)c3)cc2)cc1. The molecular weight excluding hydrogens is 460 g/mol. The van der Waals surface area contributed by atoms with Crippen LogP contribution in [-0.4, -0.2) is 0 Å². The second-order valence-corrected chi connectivity index (χ2v) is 9.07. The van der Waals surface area contributed by atoms with Gasteiger partial charge < -0.3 is 0 Å². The van der Waals surface area contributed by atoms with Crippen LogP contribution in [0.5, 0.6) is 0 Å². The summed E-state index contributed by atoms with van der Waals surface area (Å²) in [7, 11) is 0. The Hall–Kier alpha value is -3.84. The van der Waals surface area contributed by atoms with Crippen LogP contribution < -0.4 is 0 Å². The van der Waals surface area contributed by atoms with E-state index in [9.17, 15) is 17.6 Å². The number of halogens is 4. The van der Waals surface area contributed by atoms with Crippen LogP contribution >= 0.6 is 0 Å². The summed E-state index contributed by atoms with van der Waals surface area (Å²) in [6.45, 7) is 4.43. The minimum absolute atomic E-state index is 0.427. The lowest BCUT2D eigenvalue weighted by Crippen LogP contribution is -2.05. The van der Waals surface area contributed by atoms with Gasteiger partial charge in [0.15, 0.2) is 23.3 Å². The lowest BCUT2D eigenvalue weighted by atomic mass is 9.84. The Morgan fingerprint density at radius 1 is 0.583 bits per heavy atom. The van der Waals surface area contributed by atoms with E-state index >= 15 is 0 Å². The van der Waals surface area contributed by atoms with Crippen LogP contribution in [0.1, 0.15) is 59.6 Å². The molecular formula is C32H26F4. The maximum Gasteiger partial charge on any atom is 0.159 e. The molecule has 0 aliphatic carbocycles. The van der Waals surface area contributed by atoms with Crippen LogP contribution in [0.3, 0.4) is 0 Å². The molecule has 0 saturated carbocycles. The minimum Gasteiger partial charge on any atom is -0.204 e. The van der Waals surface area contributed by atoms with E-state index in [4.69, 9.17) is 0 Å². The maximum atomic E-state index is 14.0. The third-order valence-electron chi connectivity index (χ3n) is 6.38. The molecule has 0 bridgehead atoms. The molecule has 0 N–H and O–H groups in total. The molecule has 36 heavy (non-hydrogen) atoms. The highest BCUT2D eigenvalue weighted by molar-refractivity contribution is 5.48. The van der Waals surface area contributed by atoms with E-state index in [-0.39, 0.29) is 0 Å². The first-order valence-corrected chi connectivity index (χ1v) is 11.9. The van der Waals surface area contributed by atoms with Crippen LogP contribution in [-0.2, 0) is 6.42 Å². The zero-order valence-electron chi connectivity index (χ0n) is 20.2. The molecule has 0 spiro atoms. The van der Waals surface area contributed by atoms with Crippen molar-refractivity contribution in [1.82, 2.24) is 0 Å². The fraction of sp³-hybridized carbons (Fsp3) is 0.188. The smallest absolute Gasteiger partial charge is 0.159 e. The normalized spacial score (nSPS) is 11.8. The van der Waals surface area contributed by atoms with Crippen LogP contribution in [0.25, 0.3) is 0 Å². The fourth-order valence-electron chi connectivity index (χ4n) is 4.14. The summed E-state index contributed by atoms with van der Waals surface area (Å²) >= 11 is 0. The first-order chi connectivity index (χ1) is 17.3. The molecule has 0 nitrogen and oxygen atoms in total. The minimum atomic E-state index is -1.00. The van der Waals surface area contributed by atoms with E-state index in [0.29, 0.717) is 22.6 Å². The Bertz CT molecular complexity index is 1340. The first-order valence-electron chi connectivity index (χ1n) is 11.9. The average molecular weight is 487 g/mol. The molecule has 0 fully saturated rings. The highest BCUT2D eigenvalue weighted by Crippen LogP contribution is 2.33. The van der Waals surface area contributed by atoms with E-state index in [1.165, 1.54) is 17.7 Å². The van der Waals surface area contributed by atoms with Gasteiger partial charge in [-0.2, -0.15) is 0 Å². The van der Waals surface area contributed by atoms with Crippen molar-refractivity contribution in [3.8, 4) is 11.8 Å². The molecule has 0 saturated heterocycles. The first kappa shape index (κ1) is 25.3. The molecule has 0 amide bonds. The molecule has 0 aromatic heterocycles. The van der Waals surface area contributed by atoms with Gasteiger partial charge in [0.25, 0.3) is 0 Å². The van der Waals surface area contributed by atoms with Gasteiger partial charge in [-0.05, 0) is 83.1 Å². The van der Waals surface area contributed by atoms with Crippen molar-refractivity contribution < 1.29 is 17.6 Å². The number of rotatable bonds is 6. The van der Waals surface area contributed by atoms with Gasteiger partial charge in [0, 0.05) is 17.0 Å². The molecule has 4 aromatic carbocycles. The van der Waals surface area contributed by atoms with Gasteiger partial charge in [-0.1, -0.05) is 68.5 Å². The molecule has 4 rings (SSSR count). The lowest BCUT2D eigenvalue weighted by molar-refractivity contribution is 0.504. The maximum absolute atomic E-state index is 14.0. The molecule has 4 aromatic rings. The Labute approximate surface area is 209 Å². The van der Waals surface area contributed by atoms with Gasteiger partial charge >= 0.3 is 0 Å². The zero-order chi connectivity index (χ0) is 25.7. The van der Waals surface area contributed by atoms with E-state index in [2.05, 4.69) is 37.8 Å². The zero-order valence-corrected chi connectivity index (χ0v) is 20.2. The van der Waals surface area contributed by atoms with E-state index in [1.807, 2.05) is 36.4 Å². The highest BCUT2D eigenvalue weighted by atomic mass is 19.2. The molecule has 1 atom stereocenters. The quantitative estimate of drug-likeness (QED) is 0.146. The molecule has 0 heterocycles. The van der Waals surface area contributed by atoms with E-state index in [0.717, 1.165) is 48.2 Å². The van der Waals surface area contributed by atoms with Crippen molar-refractivity contribution in [2.24, 2.45) is 5.92 Å². The summed E-state index contributed by atoms with van der Waals surface area (Å²) in [5.41, 5.74) is 4.55. The Morgan fingerprint density at radius 2 is 1.03 bits per heavy atom. The molecule has 0 aliphatic rings. The predicted molar refractivity (Wildman–Crippen MR) is 136 cm³/mol. The summed E-state index contributed by atoms with van der Waals surface area (Å²) in [5.74, 6) is 2.38. The summed E-state index contributed by atoms with van der Waals surface area (Å²) in [6.07, 6.45) is 2.19. The van der Waals surface area contributed by atoms with Crippen molar-refractivity contribution in [1.29, 1.82) is 0 Å². The van der Waals surface area contributed by atoms with Crippen LogP contribution in [0.2, 0.25) is 0 Å². The molecule has 0 radical (unpaired) electrons. The Balaban J connectivity index is 1.61. The van der Waals surface area contributed by atoms with E-state index < -0.39 is 29.2 Å². The van der Waals surface area contributed by atoms with Crippen molar-refractivity contribution >= 4 is 0 Å². The van der Waals surface area contributed by atoms with Crippen LogP contribution in [0.4, 0.5) is 17.6 Å². The van der Waals surface area contributed by atoms with Gasteiger partial charge in [-0.3, -0.25) is 0 Å². The molecule has 0 aliphatic heterocycles. The van der Waals surface area contributed by atoms with Gasteiger partial charge in [0.05, 0.1) is 0 Å². The van der Waals surface area contributed by atoms with Gasteiger partial charge in [0.1, 0.15) is 0 Å². The van der Waals surface area contributed by atoms with Crippen molar-refractivity contribution in [3.63, 3.8) is 0 Å². The summed E-state index contributed by atoms with van der Waals surface area (Å²) in [4.78, 5) is 0. The van der Waals surface area contributed by atoms with Gasteiger partial charge in [-0.15, -0.1) is 0 Å². The average Bonchev–Trinajstić information content (AvgIpc) is 2.88. The number of hydrogen-bond acceptors (Lipinski definition) is 0. The summed E-state index contributed by atoms with van der Waals surface area (Å²) in [6, 6.07) is 22.6. The highest BCUT2D eigenvalue weighted by Gasteiger charge is 2.20. The van der Waals surface area contributed by atoms with E-state index in [1.54, 1.807) is 0 Å². The standard InChI is InChI=1S/C32H26F4/c1-3-21(2)18-24-8-6-22(7-9-24)4-5-23-10-12-25(13-11-23)32(26-14-16-28(33)30(35)19-26)27-15-17-29(34)31(36)20-27/h6-17,19-21,32H,3,18H2,1-2H3/t21-/m1/s1. The molecule has 182 valence electrons. The van der Waals surface area contributed by atoms with Crippen molar-refractivity contribution in [3.05, 3.63) is 142 Å².